The number of H-pyrrole nitrogens is 1. The zero-order valence-corrected chi connectivity index (χ0v) is 10.5. The SMILES string of the molecule is Cc1cc(C(=O)NCCc2cnc[nH]2)nc(NN)n1. The van der Waals surface area contributed by atoms with Gasteiger partial charge in [0.15, 0.2) is 0 Å². The fourth-order valence-corrected chi connectivity index (χ4v) is 1.57. The van der Waals surface area contributed by atoms with Crippen molar-refractivity contribution < 1.29 is 4.79 Å². The van der Waals surface area contributed by atoms with Crippen LogP contribution in [0.4, 0.5) is 5.95 Å². The van der Waals surface area contributed by atoms with Crippen molar-refractivity contribution in [2.24, 2.45) is 5.84 Å². The number of nitrogens with one attached hydrogen (secondary N) is 3. The van der Waals surface area contributed by atoms with Gasteiger partial charge in [-0.25, -0.2) is 20.8 Å². The first-order valence-electron chi connectivity index (χ1n) is 5.77. The van der Waals surface area contributed by atoms with E-state index >= 15 is 0 Å². The number of rotatable bonds is 5. The van der Waals surface area contributed by atoms with Gasteiger partial charge in [-0.15, -0.1) is 0 Å². The van der Waals surface area contributed by atoms with Crippen LogP contribution in [-0.4, -0.2) is 32.4 Å². The summed E-state index contributed by atoms with van der Waals surface area (Å²) in [4.78, 5) is 26.8. The van der Waals surface area contributed by atoms with Gasteiger partial charge in [0.25, 0.3) is 5.91 Å². The highest BCUT2D eigenvalue weighted by Gasteiger charge is 2.09. The number of aromatic amines is 1. The third-order valence-corrected chi connectivity index (χ3v) is 2.45. The van der Waals surface area contributed by atoms with Gasteiger partial charge in [0.2, 0.25) is 5.95 Å². The summed E-state index contributed by atoms with van der Waals surface area (Å²) in [6.45, 7) is 2.26. The summed E-state index contributed by atoms with van der Waals surface area (Å²) in [5.41, 5.74) is 4.24. The predicted molar refractivity (Wildman–Crippen MR) is 69.2 cm³/mol. The van der Waals surface area contributed by atoms with Crippen LogP contribution in [0.2, 0.25) is 0 Å². The number of aryl methyl sites for hydroxylation is 1. The summed E-state index contributed by atoms with van der Waals surface area (Å²) in [5, 5.41) is 2.77. The third-order valence-electron chi connectivity index (χ3n) is 2.45. The van der Waals surface area contributed by atoms with Crippen molar-refractivity contribution in [2.75, 3.05) is 12.0 Å². The molecule has 2 rings (SSSR count). The third kappa shape index (κ3) is 3.49. The van der Waals surface area contributed by atoms with Gasteiger partial charge in [0.1, 0.15) is 5.69 Å². The first-order chi connectivity index (χ1) is 9.19. The van der Waals surface area contributed by atoms with E-state index in [0.29, 0.717) is 18.7 Å². The molecule has 0 aromatic carbocycles. The Morgan fingerprint density at radius 2 is 2.32 bits per heavy atom. The smallest absolute Gasteiger partial charge is 0.270 e. The van der Waals surface area contributed by atoms with Crippen molar-refractivity contribution in [2.45, 2.75) is 13.3 Å². The van der Waals surface area contributed by atoms with E-state index in [2.05, 4.69) is 30.7 Å². The van der Waals surface area contributed by atoms with Gasteiger partial charge >= 0.3 is 0 Å². The van der Waals surface area contributed by atoms with E-state index in [-0.39, 0.29) is 17.5 Å². The molecule has 0 radical (unpaired) electrons. The maximum Gasteiger partial charge on any atom is 0.270 e. The minimum atomic E-state index is -0.262. The maximum atomic E-state index is 11.9. The first kappa shape index (κ1) is 13.0. The van der Waals surface area contributed by atoms with Crippen LogP contribution in [0.15, 0.2) is 18.6 Å². The van der Waals surface area contributed by atoms with Gasteiger partial charge in [-0.3, -0.25) is 10.2 Å². The molecule has 19 heavy (non-hydrogen) atoms. The molecule has 0 aliphatic carbocycles. The van der Waals surface area contributed by atoms with Gasteiger partial charge in [-0.2, -0.15) is 0 Å². The number of aromatic nitrogens is 4. The molecule has 100 valence electrons. The van der Waals surface area contributed by atoms with E-state index in [1.807, 2.05) is 0 Å². The largest absolute Gasteiger partial charge is 0.350 e. The summed E-state index contributed by atoms with van der Waals surface area (Å²) >= 11 is 0. The lowest BCUT2D eigenvalue weighted by Crippen LogP contribution is -2.27. The molecular weight excluding hydrogens is 246 g/mol. The van der Waals surface area contributed by atoms with Crippen molar-refractivity contribution in [3.63, 3.8) is 0 Å². The molecule has 0 spiro atoms. The maximum absolute atomic E-state index is 11.9. The van der Waals surface area contributed by atoms with Crippen LogP contribution >= 0.6 is 0 Å². The number of amides is 1. The Morgan fingerprint density at radius 3 is 3.00 bits per heavy atom. The highest BCUT2D eigenvalue weighted by atomic mass is 16.1. The normalized spacial score (nSPS) is 10.2. The molecule has 0 unspecified atom stereocenters. The van der Waals surface area contributed by atoms with E-state index in [4.69, 9.17) is 5.84 Å². The lowest BCUT2D eigenvalue weighted by atomic mass is 10.3. The molecule has 8 nitrogen and oxygen atoms in total. The topological polar surface area (TPSA) is 122 Å². The second-order valence-electron chi connectivity index (χ2n) is 3.95. The molecular formula is C11H15N7O. The molecule has 2 heterocycles. The van der Waals surface area contributed by atoms with E-state index in [0.717, 1.165) is 5.69 Å². The number of hydrogen-bond donors (Lipinski definition) is 4. The van der Waals surface area contributed by atoms with Crippen LogP contribution < -0.4 is 16.6 Å². The summed E-state index contributed by atoms with van der Waals surface area (Å²) in [5.74, 6) is 5.19. The Kier molecular flexibility index (Phi) is 4.04. The number of carbonyl (C=O) groups is 1. The summed E-state index contributed by atoms with van der Waals surface area (Å²) in [6, 6.07) is 1.60. The van der Waals surface area contributed by atoms with Crippen LogP contribution in [-0.2, 0) is 6.42 Å². The predicted octanol–water partition coefficient (Wildman–Crippen LogP) is -0.234. The van der Waals surface area contributed by atoms with Crippen molar-refractivity contribution in [1.29, 1.82) is 0 Å². The second-order valence-corrected chi connectivity index (χ2v) is 3.95. The number of nitrogens with zero attached hydrogens (tertiary/aromatic N) is 3. The van der Waals surface area contributed by atoms with Crippen molar-refractivity contribution in [3.05, 3.63) is 35.7 Å². The molecule has 0 atom stereocenters. The molecule has 8 heteroatoms. The lowest BCUT2D eigenvalue weighted by Gasteiger charge is -2.06. The van der Waals surface area contributed by atoms with Gasteiger partial charge in [0.05, 0.1) is 6.33 Å². The Balaban J connectivity index is 1.94. The average Bonchev–Trinajstić information content (AvgIpc) is 2.91. The monoisotopic (exact) mass is 261 g/mol. The minimum absolute atomic E-state index is 0.221. The summed E-state index contributed by atoms with van der Waals surface area (Å²) in [6.07, 6.45) is 4.00. The van der Waals surface area contributed by atoms with E-state index in [1.54, 1.807) is 25.5 Å². The van der Waals surface area contributed by atoms with E-state index < -0.39 is 0 Å². The average molecular weight is 261 g/mol. The lowest BCUT2D eigenvalue weighted by molar-refractivity contribution is 0.0949. The van der Waals surface area contributed by atoms with Gasteiger partial charge in [-0.05, 0) is 13.0 Å². The van der Waals surface area contributed by atoms with Gasteiger partial charge < -0.3 is 10.3 Å². The van der Waals surface area contributed by atoms with E-state index in [1.165, 1.54) is 0 Å². The molecule has 1 amide bonds. The van der Waals surface area contributed by atoms with Crippen LogP contribution in [0.5, 0.6) is 0 Å². The molecule has 0 bridgehead atoms. The standard InChI is InChI=1S/C11H15N7O/c1-7-4-9(17-11(16-7)18-12)10(19)14-3-2-8-5-13-6-15-8/h4-6H,2-3,12H2,1H3,(H,13,15)(H,14,19)(H,16,17,18). The highest BCUT2D eigenvalue weighted by molar-refractivity contribution is 5.92. The zero-order chi connectivity index (χ0) is 13.7. The van der Waals surface area contributed by atoms with E-state index in [9.17, 15) is 4.79 Å². The zero-order valence-electron chi connectivity index (χ0n) is 10.5. The van der Waals surface area contributed by atoms with Crippen molar-refractivity contribution in [3.8, 4) is 0 Å². The number of anilines is 1. The molecule has 2 aromatic heterocycles. The van der Waals surface area contributed by atoms with Crippen molar-refractivity contribution >= 4 is 11.9 Å². The number of imidazole rings is 1. The van der Waals surface area contributed by atoms with Crippen molar-refractivity contribution in [1.82, 2.24) is 25.3 Å². The summed E-state index contributed by atoms with van der Waals surface area (Å²) in [7, 11) is 0. The fraction of sp³-hybridized carbons (Fsp3) is 0.273. The minimum Gasteiger partial charge on any atom is -0.350 e. The Morgan fingerprint density at radius 1 is 1.47 bits per heavy atom. The number of nitrogens with two attached hydrogens (primary N) is 1. The second kappa shape index (κ2) is 5.91. The quantitative estimate of drug-likeness (QED) is 0.435. The Hall–Kier alpha value is -2.48. The summed E-state index contributed by atoms with van der Waals surface area (Å²) < 4.78 is 0. The molecule has 5 N–H and O–H groups in total. The van der Waals surface area contributed by atoms with Crippen LogP contribution in [0, 0.1) is 6.92 Å². The number of carbonyl (C=O) groups excluding carboxylic acids is 1. The molecule has 0 saturated heterocycles. The van der Waals surface area contributed by atoms with Crippen LogP contribution in [0.1, 0.15) is 21.9 Å². The highest BCUT2D eigenvalue weighted by Crippen LogP contribution is 2.03. The molecule has 0 aliphatic rings. The van der Waals surface area contributed by atoms with Gasteiger partial charge in [0, 0.05) is 30.6 Å². The van der Waals surface area contributed by atoms with Crippen LogP contribution in [0.3, 0.4) is 0 Å². The van der Waals surface area contributed by atoms with Crippen LogP contribution in [0.25, 0.3) is 0 Å². The fourth-order valence-electron chi connectivity index (χ4n) is 1.57. The molecule has 0 aliphatic heterocycles. The first-order valence-corrected chi connectivity index (χ1v) is 5.77. The number of hydrazine groups is 1. The molecule has 0 saturated carbocycles. The number of nitrogen functional groups attached to an aromatic ring is 1. The molecule has 0 fully saturated rings. The Bertz CT molecular complexity index is 552. The Labute approximate surface area is 109 Å². The van der Waals surface area contributed by atoms with Gasteiger partial charge in [-0.1, -0.05) is 0 Å². The number of hydrogen-bond acceptors (Lipinski definition) is 6. The molecule has 2 aromatic rings.